The zero-order chi connectivity index (χ0) is 12.3. The largest absolute Gasteiger partial charge is 0.497 e. The summed E-state index contributed by atoms with van der Waals surface area (Å²) in [7, 11) is 1.62. The lowest BCUT2D eigenvalue weighted by molar-refractivity contribution is -0.115. The van der Waals surface area contributed by atoms with Crippen molar-refractivity contribution in [2.24, 2.45) is 5.10 Å². The van der Waals surface area contributed by atoms with Gasteiger partial charge in [0.2, 0.25) is 0 Å². The van der Waals surface area contributed by atoms with Crippen molar-refractivity contribution >= 4 is 24.2 Å². The van der Waals surface area contributed by atoms with Gasteiger partial charge < -0.3 is 10.1 Å². The van der Waals surface area contributed by atoms with Gasteiger partial charge in [0.25, 0.3) is 5.91 Å². The molecule has 1 unspecified atom stereocenters. The van der Waals surface area contributed by atoms with Gasteiger partial charge in [-0.2, -0.15) is 5.10 Å². The van der Waals surface area contributed by atoms with Crippen LogP contribution in [0.25, 0.3) is 0 Å². The number of methoxy groups -OCH3 is 1. The molecule has 2 N–H and O–H groups in total. The third-order valence-electron chi connectivity index (χ3n) is 2.38. The number of benzene rings is 1. The summed E-state index contributed by atoms with van der Waals surface area (Å²) in [5.41, 5.74) is 3.73. The molecule has 0 fully saturated rings. The van der Waals surface area contributed by atoms with Crippen molar-refractivity contribution in [3.05, 3.63) is 29.8 Å². The number of rotatable bonds is 3. The number of amides is 1. The molecular weight excluding hydrogens is 238 g/mol. The summed E-state index contributed by atoms with van der Waals surface area (Å²) in [5.74, 6) is 0.594. The highest BCUT2D eigenvalue weighted by molar-refractivity contribution is 7.80. The van der Waals surface area contributed by atoms with Crippen molar-refractivity contribution in [1.29, 1.82) is 0 Å². The fourth-order valence-electron chi connectivity index (χ4n) is 1.49. The van der Waals surface area contributed by atoms with Gasteiger partial charge in [0, 0.05) is 6.42 Å². The Balaban J connectivity index is 2.07. The van der Waals surface area contributed by atoms with E-state index >= 15 is 0 Å². The molecule has 1 aliphatic heterocycles. The van der Waals surface area contributed by atoms with Crippen LogP contribution in [0.15, 0.2) is 29.4 Å². The minimum absolute atomic E-state index is 0.195. The van der Waals surface area contributed by atoms with E-state index in [0.29, 0.717) is 12.1 Å². The van der Waals surface area contributed by atoms with Crippen LogP contribution in [-0.2, 0) is 11.2 Å². The first-order valence-electron chi connectivity index (χ1n) is 5.13. The first kappa shape index (κ1) is 11.8. The lowest BCUT2D eigenvalue weighted by Crippen LogP contribution is -2.48. The molecule has 0 radical (unpaired) electrons. The van der Waals surface area contributed by atoms with Gasteiger partial charge in [-0.1, -0.05) is 12.1 Å². The van der Waals surface area contributed by atoms with Gasteiger partial charge in [-0.3, -0.25) is 10.2 Å². The van der Waals surface area contributed by atoms with Crippen LogP contribution in [0.1, 0.15) is 5.56 Å². The summed E-state index contributed by atoms with van der Waals surface area (Å²) < 4.78 is 5.06. The molecule has 1 aromatic rings. The van der Waals surface area contributed by atoms with Crippen molar-refractivity contribution in [1.82, 2.24) is 10.7 Å². The maximum Gasteiger partial charge on any atom is 0.270 e. The summed E-state index contributed by atoms with van der Waals surface area (Å²) in [4.78, 5) is 11.6. The molecule has 6 heteroatoms. The summed E-state index contributed by atoms with van der Waals surface area (Å²) in [6.45, 7) is 0. The normalized spacial score (nSPS) is 19.1. The SMILES string of the molecule is COc1ccc(CC2=NNC(S)NC2=O)cc1. The summed E-state index contributed by atoms with van der Waals surface area (Å²) in [5, 5.41) is 6.61. The Morgan fingerprint density at radius 3 is 2.71 bits per heavy atom. The number of thiol groups is 1. The van der Waals surface area contributed by atoms with Crippen LogP contribution in [0.4, 0.5) is 0 Å². The molecule has 0 spiro atoms. The van der Waals surface area contributed by atoms with Crippen LogP contribution >= 0.6 is 12.6 Å². The van der Waals surface area contributed by atoms with Crippen LogP contribution in [0, 0.1) is 0 Å². The van der Waals surface area contributed by atoms with Gasteiger partial charge in [-0.15, -0.1) is 12.6 Å². The summed E-state index contributed by atoms with van der Waals surface area (Å²) in [6.07, 6.45) is 0.476. The Morgan fingerprint density at radius 2 is 2.12 bits per heavy atom. The molecule has 2 rings (SSSR count). The molecule has 5 nitrogen and oxygen atoms in total. The van der Waals surface area contributed by atoms with Crippen LogP contribution in [0.2, 0.25) is 0 Å². The van der Waals surface area contributed by atoms with Gasteiger partial charge >= 0.3 is 0 Å². The fourth-order valence-corrected chi connectivity index (χ4v) is 1.66. The zero-order valence-electron chi connectivity index (χ0n) is 9.30. The number of nitrogens with zero attached hydrogens (tertiary/aromatic N) is 1. The number of nitrogens with one attached hydrogen (secondary N) is 2. The van der Waals surface area contributed by atoms with E-state index in [1.165, 1.54) is 0 Å². The Bertz CT molecular complexity index is 445. The van der Waals surface area contributed by atoms with E-state index in [0.717, 1.165) is 11.3 Å². The van der Waals surface area contributed by atoms with E-state index in [1.54, 1.807) is 7.11 Å². The number of hydrazone groups is 1. The van der Waals surface area contributed by atoms with Crippen LogP contribution < -0.4 is 15.5 Å². The molecule has 1 amide bonds. The predicted molar refractivity (Wildman–Crippen MR) is 68.2 cm³/mol. The highest BCUT2D eigenvalue weighted by Crippen LogP contribution is 2.12. The van der Waals surface area contributed by atoms with Crippen molar-refractivity contribution in [3.8, 4) is 5.75 Å². The standard InChI is InChI=1S/C11H13N3O2S/c1-16-8-4-2-7(3-5-8)6-9-10(15)12-11(17)14-13-9/h2-5,11,14,17H,6H2,1H3,(H,12,15). The van der Waals surface area contributed by atoms with E-state index in [1.807, 2.05) is 24.3 Å². The van der Waals surface area contributed by atoms with Gasteiger partial charge in [0.1, 0.15) is 11.5 Å². The van der Waals surface area contributed by atoms with E-state index < -0.39 is 5.50 Å². The summed E-state index contributed by atoms with van der Waals surface area (Å²) in [6, 6.07) is 7.51. The number of carbonyl (C=O) groups excluding carboxylic acids is 1. The van der Waals surface area contributed by atoms with Crippen LogP contribution in [0.5, 0.6) is 5.75 Å². The molecule has 0 aromatic heterocycles. The number of ether oxygens (including phenoxy) is 1. The van der Waals surface area contributed by atoms with E-state index in [-0.39, 0.29) is 5.91 Å². The smallest absolute Gasteiger partial charge is 0.270 e. The second kappa shape index (κ2) is 5.09. The molecular formula is C11H13N3O2S. The van der Waals surface area contributed by atoms with E-state index in [4.69, 9.17) is 4.74 Å². The van der Waals surface area contributed by atoms with Gasteiger partial charge in [0.05, 0.1) is 7.11 Å². The van der Waals surface area contributed by atoms with Crippen molar-refractivity contribution < 1.29 is 9.53 Å². The van der Waals surface area contributed by atoms with Crippen molar-refractivity contribution in [2.75, 3.05) is 7.11 Å². The average Bonchev–Trinajstić information content (AvgIpc) is 2.34. The average molecular weight is 251 g/mol. The Morgan fingerprint density at radius 1 is 1.41 bits per heavy atom. The molecule has 0 bridgehead atoms. The number of hydrogen-bond acceptors (Lipinski definition) is 5. The minimum Gasteiger partial charge on any atom is -0.497 e. The molecule has 1 aliphatic rings. The highest BCUT2D eigenvalue weighted by atomic mass is 32.1. The van der Waals surface area contributed by atoms with Crippen molar-refractivity contribution in [3.63, 3.8) is 0 Å². The second-order valence-corrected chi connectivity index (χ2v) is 4.10. The maximum atomic E-state index is 11.6. The van der Waals surface area contributed by atoms with Crippen LogP contribution in [-0.4, -0.2) is 24.2 Å². The molecule has 17 heavy (non-hydrogen) atoms. The van der Waals surface area contributed by atoms with E-state index in [9.17, 15) is 4.79 Å². The monoisotopic (exact) mass is 251 g/mol. The van der Waals surface area contributed by atoms with Crippen molar-refractivity contribution in [2.45, 2.75) is 11.9 Å². The minimum atomic E-state index is -0.415. The fraction of sp³-hybridized carbons (Fsp3) is 0.273. The first-order valence-corrected chi connectivity index (χ1v) is 5.64. The predicted octanol–water partition coefficient (Wildman–Crippen LogP) is 0.526. The molecule has 0 aliphatic carbocycles. The maximum absolute atomic E-state index is 11.6. The number of hydrogen-bond donors (Lipinski definition) is 3. The molecule has 1 atom stereocenters. The summed E-state index contributed by atoms with van der Waals surface area (Å²) >= 11 is 4.05. The third kappa shape index (κ3) is 2.91. The van der Waals surface area contributed by atoms with Gasteiger partial charge in [-0.25, -0.2) is 0 Å². The number of carbonyl (C=O) groups is 1. The zero-order valence-corrected chi connectivity index (χ0v) is 10.2. The Hall–Kier alpha value is -1.69. The molecule has 1 heterocycles. The molecule has 1 aromatic carbocycles. The lowest BCUT2D eigenvalue weighted by Gasteiger charge is -2.19. The molecule has 0 saturated heterocycles. The third-order valence-corrected chi connectivity index (χ3v) is 2.63. The quantitative estimate of drug-likeness (QED) is 0.687. The Kier molecular flexibility index (Phi) is 3.53. The highest BCUT2D eigenvalue weighted by Gasteiger charge is 2.19. The van der Waals surface area contributed by atoms with E-state index in [2.05, 4.69) is 28.5 Å². The van der Waals surface area contributed by atoms with Crippen LogP contribution in [0.3, 0.4) is 0 Å². The first-order chi connectivity index (χ1) is 8.19. The topological polar surface area (TPSA) is 62.7 Å². The van der Waals surface area contributed by atoms with Gasteiger partial charge in [-0.05, 0) is 17.7 Å². The molecule has 90 valence electrons. The molecule has 0 saturated carbocycles. The second-order valence-electron chi connectivity index (χ2n) is 3.59. The van der Waals surface area contributed by atoms with Gasteiger partial charge in [0.15, 0.2) is 5.50 Å². The Labute approximate surface area is 105 Å². The lowest BCUT2D eigenvalue weighted by atomic mass is 10.1.